The molecule has 2 aromatic carbocycles. The zero-order chi connectivity index (χ0) is 20.1. The van der Waals surface area contributed by atoms with E-state index in [4.69, 9.17) is 11.6 Å². The van der Waals surface area contributed by atoms with E-state index >= 15 is 0 Å². The summed E-state index contributed by atoms with van der Waals surface area (Å²) < 4.78 is 13.2. The van der Waals surface area contributed by atoms with Crippen LogP contribution in [0.25, 0.3) is 0 Å². The molecular weight excluding hydrogens is 381 g/mol. The minimum Gasteiger partial charge on any atom is -0.340 e. The Morgan fingerprint density at radius 2 is 1.75 bits per heavy atom. The van der Waals surface area contributed by atoms with E-state index in [9.17, 15) is 14.0 Å². The number of carbonyl (C=O) groups is 2. The van der Waals surface area contributed by atoms with Crippen LogP contribution in [-0.2, 0) is 11.3 Å². The molecule has 0 bridgehead atoms. The van der Waals surface area contributed by atoms with Gasteiger partial charge in [0.05, 0.1) is 17.1 Å². The van der Waals surface area contributed by atoms with Crippen LogP contribution in [0.1, 0.15) is 15.9 Å². The number of halogens is 2. The summed E-state index contributed by atoms with van der Waals surface area (Å²) in [5.41, 5.74) is 1.39. The lowest BCUT2D eigenvalue weighted by Crippen LogP contribution is -2.51. The summed E-state index contributed by atoms with van der Waals surface area (Å²) in [7, 11) is 1.80. The smallest absolute Gasteiger partial charge is 0.255 e. The standard InChI is InChI=1S/C21H23ClFN3O2/c1-24(14-16-5-3-2-4-6-16)20(27)15-25-9-11-26(12-10-25)21(28)18-8-7-17(23)13-19(18)22/h2-8,13H,9-12,14-15H2,1H3. The van der Waals surface area contributed by atoms with Gasteiger partial charge in [-0.3, -0.25) is 14.5 Å². The van der Waals surface area contributed by atoms with Crippen LogP contribution in [0.2, 0.25) is 5.02 Å². The SMILES string of the molecule is CN(Cc1ccccc1)C(=O)CN1CCN(C(=O)c2ccc(F)cc2Cl)CC1. The highest BCUT2D eigenvalue weighted by Crippen LogP contribution is 2.20. The van der Waals surface area contributed by atoms with E-state index in [0.29, 0.717) is 44.8 Å². The van der Waals surface area contributed by atoms with Gasteiger partial charge in [0.15, 0.2) is 0 Å². The highest BCUT2D eigenvalue weighted by atomic mass is 35.5. The molecule has 28 heavy (non-hydrogen) atoms. The summed E-state index contributed by atoms with van der Waals surface area (Å²) in [5.74, 6) is -0.633. The first-order valence-corrected chi connectivity index (χ1v) is 9.56. The Balaban J connectivity index is 1.49. The number of benzene rings is 2. The minimum absolute atomic E-state index is 0.0465. The first kappa shape index (κ1) is 20.3. The zero-order valence-corrected chi connectivity index (χ0v) is 16.5. The van der Waals surface area contributed by atoms with Gasteiger partial charge >= 0.3 is 0 Å². The zero-order valence-electron chi connectivity index (χ0n) is 15.8. The lowest BCUT2D eigenvalue weighted by molar-refractivity contribution is -0.132. The summed E-state index contributed by atoms with van der Waals surface area (Å²) >= 11 is 5.99. The Morgan fingerprint density at radius 1 is 1.07 bits per heavy atom. The van der Waals surface area contributed by atoms with Crippen molar-refractivity contribution in [3.63, 3.8) is 0 Å². The van der Waals surface area contributed by atoms with Crippen molar-refractivity contribution in [2.45, 2.75) is 6.54 Å². The molecule has 148 valence electrons. The van der Waals surface area contributed by atoms with Crippen molar-refractivity contribution in [3.05, 3.63) is 70.5 Å². The highest BCUT2D eigenvalue weighted by molar-refractivity contribution is 6.33. The van der Waals surface area contributed by atoms with Gasteiger partial charge in [-0.05, 0) is 23.8 Å². The van der Waals surface area contributed by atoms with Crippen LogP contribution in [0.5, 0.6) is 0 Å². The fourth-order valence-corrected chi connectivity index (χ4v) is 3.45. The monoisotopic (exact) mass is 403 g/mol. The van der Waals surface area contributed by atoms with Crippen molar-refractivity contribution in [1.82, 2.24) is 14.7 Å². The van der Waals surface area contributed by atoms with Gasteiger partial charge in [0.1, 0.15) is 5.82 Å². The maximum absolute atomic E-state index is 13.2. The minimum atomic E-state index is -0.468. The summed E-state index contributed by atoms with van der Waals surface area (Å²) in [6, 6.07) is 13.6. The fraction of sp³-hybridized carbons (Fsp3) is 0.333. The molecule has 2 amide bonds. The Morgan fingerprint density at radius 3 is 2.39 bits per heavy atom. The quantitative estimate of drug-likeness (QED) is 0.771. The van der Waals surface area contributed by atoms with E-state index in [1.54, 1.807) is 16.8 Å². The van der Waals surface area contributed by atoms with E-state index in [-0.39, 0.29) is 16.8 Å². The average molecular weight is 404 g/mol. The molecule has 0 radical (unpaired) electrons. The molecule has 0 aliphatic carbocycles. The lowest BCUT2D eigenvalue weighted by atomic mass is 10.1. The Hall–Kier alpha value is -2.44. The summed E-state index contributed by atoms with van der Waals surface area (Å²) in [6.45, 7) is 3.11. The third kappa shape index (κ3) is 5.09. The molecule has 1 aliphatic heterocycles. The summed E-state index contributed by atoms with van der Waals surface area (Å²) in [4.78, 5) is 30.5. The van der Waals surface area contributed by atoms with Crippen molar-refractivity contribution >= 4 is 23.4 Å². The van der Waals surface area contributed by atoms with Crippen molar-refractivity contribution in [1.29, 1.82) is 0 Å². The summed E-state index contributed by atoms with van der Waals surface area (Å²) in [6.07, 6.45) is 0. The van der Waals surface area contributed by atoms with Gasteiger partial charge in [0.2, 0.25) is 5.91 Å². The number of hydrogen-bond acceptors (Lipinski definition) is 3. The number of rotatable bonds is 5. The van der Waals surface area contributed by atoms with Crippen molar-refractivity contribution < 1.29 is 14.0 Å². The van der Waals surface area contributed by atoms with Gasteiger partial charge in [-0.1, -0.05) is 41.9 Å². The Kier molecular flexibility index (Phi) is 6.65. The van der Waals surface area contributed by atoms with Crippen LogP contribution in [0.4, 0.5) is 4.39 Å². The average Bonchev–Trinajstić information content (AvgIpc) is 2.69. The predicted molar refractivity (Wildman–Crippen MR) is 107 cm³/mol. The molecule has 0 saturated carbocycles. The van der Waals surface area contributed by atoms with Crippen LogP contribution in [0.15, 0.2) is 48.5 Å². The Labute approximate surface area is 169 Å². The lowest BCUT2D eigenvalue weighted by Gasteiger charge is -2.35. The molecule has 0 atom stereocenters. The topological polar surface area (TPSA) is 43.9 Å². The summed E-state index contributed by atoms with van der Waals surface area (Å²) in [5, 5.41) is 0.116. The van der Waals surface area contributed by atoms with Crippen LogP contribution < -0.4 is 0 Å². The van der Waals surface area contributed by atoms with Crippen LogP contribution in [0, 0.1) is 5.82 Å². The van der Waals surface area contributed by atoms with Crippen molar-refractivity contribution in [3.8, 4) is 0 Å². The largest absolute Gasteiger partial charge is 0.340 e. The predicted octanol–water partition coefficient (Wildman–Crippen LogP) is 2.90. The van der Waals surface area contributed by atoms with Crippen LogP contribution in [0.3, 0.4) is 0 Å². The molecule has 1 saturated heterocycles. The molecule has 3 rings (SSSR count). The van der Waals surface area contributed by atoms with E-state index in [0.717, 1.165) is 11.6 Å². The van der Waals surface area contributed by atoms with E-state index < -0.39 is 5.82 Å². The first-order valence-electron chi connectivity index (χ1n) is 9.18. The normalized spacial score (nSPS) is 14.8. The molecule has 7 heteroatoms. The highest BCUT2D eigenvalue weighted by Gasteiger charge is 2.25. The molecule has 1 aliphatic rings. The number of carbonyl (C=O) groups excluding carboxylic acids is 2. The number of nitrogens with zero attached hydrogens (tertiary/aromatic N) is 3. The molecule has 1 fully saturated rings. The Bertz CT molecular complexity index is 839. The molecule has 0 N–H and O–H groups in total. The molecule has 0 aromatic heterocycles. The third-order valence-corrected chi connectivity index (χ3v) is 5.18. The second-order valence-corrected chi connectivity index (χ2v) is 7.34. The number of piperazine rings is 1. The second kappa shape index (κ2) is 9.17. The number of amides is 2. The van der Waals surface area contributed by atoms with E-state index in [2.05, 4.69) is 0 Å². The van der Waals surface area contributed by atoms with Gasteiger partial charge in [0, 0.05) is 39.8 Å². The number of likely N-dealkylation sites (N-methyl/N-ethyl adjacent to an activating group) is 1. The molecule has 0 unspecified atom stereocenters. The third-order valence-electron chi connectivity index (χ3n) is 4.87. The van der Waals surface area contributed by atoms with Gasteiger partial charge in [-0.15, -0.1) is 0 Å². The van der Waals surface area contributed by atoms with Gasteiger partial charge in [0.25, 0.3) is 5.91 Å². The maximum atomic E-state index is 13.2. The van der Waals surface area contributed by atoms with Gasteiger partial charge in [-0.2, -0.15) is 0 Å². The molecule has 2 aromatic rings. The van der Waals surface area contributed by atoms with Crippen molar-refractivity contribution in [2.75, 3.05) is 39.8 Å². The van der Waals surface area contributed by atoms with Crippen LogP contribution in [-0.4, -0.2) is 66.3 Å². The first-order chi connectivity index (χ1) is 13.4. The molecule has 1 heterocycles. The van der Waals surface area contributed by atoms with Crippen LogP contribution >= 0.6 is 11.6 Å². The van der Waals surface area contributed by atoms with E-state index in [1.807, 2.05) is 35.2 Å². The maximum Gasteiger partial charge on any atom is 0.255 e. The second-order valence-electron chi connectivity index (χ2n) is 6.93. The van der Waals surface area contributed by atoms with Gasteiger partial charge in [-0.25, -0.2) is 4.39 Å². The van der Waals surface area contributed by atoms with Crippen molar-refractivity contribution in [2.24, 2.45) is 0 Å². The van der Waals surface area contributed by atoms with E-state index in [1.165, 1.54) is 12.1 Å². The number of hydrogen-bond donors (Lipinski definition) is 0. The fourth-order valence-electron chi connectivity index (χ4n) is 3.20. The molecule has 5 nitrogen and oxygen atoms in total. The van der Waals surface area contributed by atoms with Gasteiger partial charge < -0.3 is 9.80 Å². The molecular formula is C21H23ClFN3O2. The molecule has 0 spiro atoms.